The Morgan fingerprint density at radius 1 is 1.25 bits per heavy atom. The fourth-order valence-electron chi connectivity index (χ4n) is 1.97. The van der Waals surface area contributed by atoms with Crippen LogP contribution >= 0.6 is 0 Å². The monoisotopic (exact) mass is 276 g/mol. The molecule has 20 heavy (non-hydrogen) atoms. The molecular weight excluding hydrogens is 258 g/mol. The zero-order valence-corrected chi connectivity index (χ0v) is 12.2. The first-order valence-electron chi connectivity index (χ1n) is 6.64. The van der Waals surface area contributed by atoms with Crippen LogP contribution in [0.2, 0.25) is 0 Å². The van der Waals surface area contributed by atoms with E-state index in [1.165, 1.54) is 12.1 Å². The number of nitriles is 1. The van der Waals surface area contributed by atoms with Crippen molar-refractivity contribution >= 4 is 12.7 Å². The zero-order chi connectivity index (χ0) is 15.0. The van der Waals surface area contributed by atoms with Crippen LogP contribution in [-0.2, 0) is 15.7 Å². The highest BCUT2D eigenvalue weighted by atomic mass is 19.1. The van der Waals surface area contributed by atoms with E-state index < -0.39 is 24.1 Å². The zero-order valence-electron chi connectivity index (χ0n) is 12.2. The molecule has 1 aliphatic heterocycles. The van der Waals surface area contributed by atoms with Crippen molar-refractivity contribution in [2.45, 2.75) is 51.7 Å². The normalized spacial score (nSPS) is 19.9. The molecule has 0 atom stereocenters. The predicted molar refractivity (Wildman–Crippen MR) is 73.8 cm³/mol. The quantitative estimate of drug-likeness (QED) is 0.792. The van der Waals surface area contributed by atoms with Crippen LogP contribution in [0.3, 0.4) is 0 Å². The molecule has 0 aliphatic carbocycles. The molecule has 6 heteroatoms. The fourth-order valence-corrected chi connectivity index (χ4v) is 1.97. The van der Waals surface area contributed by atoms with Gasteiger partial charge < -0.3 is 9.31 Å². The number of pyridine rings is 1. The van der Waals surface area contributed by atoms with Crippen LogP contribution in [0.25, 0.3) is 0 Å². The molecule has 1 aliphatic rings. The number of hydrogen-bond acceptors (Lipinski definition) is 4. The standard InChI is InChI=1S/C14H18BFN2O2/c1-13(2)14(3,4)20-15(19-13)12-9-10(16)8-11(18-12)6-5-7-17/h8-9H,5-6H2,1-4H3. The summed E-state index contributed by atoms with van der Waals surface area (Å²) in [5, 5.41) is 8.59. The maximum absolute atomic E-state index is 13.7. The van der Waals surface area contributed by atoms with Gasteiger partial charge in [0.2, 0.25) is 0 Å². The molecule has 1 aromatic rings. The third-order valence-electron chi connectivity index (χ3n) is 3.85. The van der Waals surface area contributed by atoms with Gasteiger partial charge in [-0.1, -0.05) is 0 Å². The van der Waals surface area contributed by atoms with Crippen molar-refractivity contribution in [1.82, 2.24) is 4.98 Å². The summed E-state index contributed by atoms with van der Waals surface area (Å²) in [6, 6.07) is 4.68. The Bertz CT molecular complexity index is 539. The van der Waals surface area contributed by atoms with Crippen LogP contribution < -0.4 is 5.59 Å². The average Bonchev–Trinajstić information content (AvgIpc) is 2.55. The third kappa shape index (κ3) is 2.84. The van der Waals surface area contributed by atoms with Gasteiger partial charge in [0.25, 0.3) is 0 Å². The van der Waals surface area contributed by atoms with Crippen LogP contribution in [0.15, 0.2) is 12.1 Å². The second-order valence-corrected chi connectivity index (χ2v) is 5.95. The van der Waals surface area contributed by atoms with E-state index >= 15 is 0 Å². The van der Waals surface area contributed by atoms with Gasteiger partial charge >= 0.3 is 7.12 Å². The van der Waals surface area contributed by atoms with Crippen molar-refractivity contribution in [3.8, 4) is 6.07 Å². The van der Waals surface area contributed by atoms with Gasteiger partial charge in [0.05, 0.1) is 22.9 Å². The first-order valence-corrected chi connectivity index (χ1v) is 6.64. The van der Waals surface area contributed by atoms with Crippen LogP contribution in [0, 0.1) is 17.1 Å². The fraction of sp³-hybridized carbons (Fsp3) is 0.571. The maximum atomic E-state index is 13.7. The summed E-state index contributed by atoms with van der Waals surface area (Å²) in [5.41, 5.74) is -0.0235. The van der Waals surface area contributed by atoms with E-state index in [-0.39, 0.29) is 0 Å². The SMILES string of the molecule is CC1(C)OB(c2cc(F)cc(CCC#N)n2)OC1(C)C. The Kier molecular flexibility index (Phi) is 3.85. The highest BCUT2D eigenvalue weighted by molar-refractivity contribution is 6.61. The Balaban J connectivity index is 2.26. The average molecular weight is 276 g/mol. The molecular formula is C14H18BFN2O2. The molecule has 0 aromatic carbocycles. The van der Waals surface area contributed by atoms with Gasteiger partial charge in [-0.3, -0.25) is 4.98 Å². The van der Waals surface area contributed by atoms with Crippen LogP contribution in [0.4, 0.5) is 4.39 Å². The van der Waals surface area contributed by atoms with Crippen LogP contribution in [-0.4, -0.2) is 23.3 Å². The van der Waals surface area contributed by atoms with E-state index in [1.54, 1.807) is 0 Å². The summed E-state index contributed by atoms with van der Waals surface area (Å²) < 4.78 is 25.4. The summed E-state index contributed by atoms with van der Waals surface area (Å²) in [5.74, 6) is -0.391. The van der Waals surface area contributed by atoms with Gasteiger partial charge in [0.1, 0.15) is 5.82 Å². The molecule has 0 radical (unpaired) electrons. The Hall–Kier alpha value is -1.45. The molecule has 1 aromatic heterocycles. The van der Waals surface area contributed by atoms with E-state index in [4.69, 9.17) is 14.6 Å². The minimum absolute atomic E-state index is 0.305. The molecule has 4 nitrogen and oxygen atoms in total. The van der Waals surface area contributed by atoms with E-state index in [2.05, 4.69) is 4.98 Å². The molecule has 2 rings (SSSR count). The summed E-state index contributed by atoms with van der Waals surface area (Å²) in [6.07, 6.45) is 0.722. The summed E-state index contributed by atoms with van der Waals surface area (Å²) in [6.45, 7) is 7.73. The molecule has 106 valence electrons. The van der Waals surface area contributed by atoms with Crippen molar-refractivity contribution in [1.29, 1.82) is 5.26 Å². The van der Waals surface area contributed by atoms with Crippen molar-refractivity contribution in [3.05, 3.63) is 23.6 Å². The van der Waals surface area contributed by atoms with E-state index in [0.29, 0.717) is 24.1 Å². The third-order valence-corrected chi connectivity index (χ3v) is 3.85. The molecule has 0 spiro atoms. The number of hydrogen-bond donors (Lipinski definition) is 0. The first-order chi connectivity index (χ1) is 9.25. The molecule has 2 heterocycles. The molecule has 0 amide bonds. The number of rotatable bonds is 3. The first kappa shape index (κ1) is 15.0. The number of aromatic nitrogens is 1. The van der Waals surface area contributed by atoms with Gasteiger partial charge in [0, 0.05) is 18.5 Å². The molecule has 1 saturated heterocycles. The van der Waals surface area contributed by atoms with E-state index in [1.807, 2.05) is 33.8 Å². The highest BCUT2D eigenvalue weighted by Crippen LogP contribution is 2.36. The highest BCUT2D eigenvalue weighted by Gasteiger charge is 2.52. The Morgan fingerprint density at radius 2 is 1.85 bits per heavy atom. The van der Waals surface area contributed by atoms with Crippen molar-refractivity contribution in [2.75, 3.05) is 0 Å². The smallest absolute Gasteiger partial charge is 0.398 e. The molecule has 0 bridgehead atoms. The van der Waals surface area contributed by atoms with Gasteiger partial charge in [-0.15, -0.1) is 0 Å². The Labute approximate surface area is 119 Å². The largest absolute Gasteiger partial charge is 0.514 e. The summed E-state index contributed by atoms with van der Waals surface area (Å²) >= 11 is 0. The van der Waals surface area contributed by atoms with Gasteiger partial charge in [-0.05, 0) is 39.8 Å². The lowest BCUT2D eigenvalue weighted by Gasteiger charge is -2.32. The van der Waals surface area contributed by atoms with Crippen molar-refractivity contribution < 1.29 is 13.7 Å². The summed E-state index contributed by atoms with van der Waals surface area (Å²) in [7, 11) is -0.684. The van der Waals surface area contributed by atoms with E-state index in [9.17, 15) is 4.39 Å². The minimum atomic E-state index is -0.684. The van der Waals surface area contributed by atoms with E-state index in [0.717, 1.165) is 0 Å². The second kappa shape index (κ2) is 5.15. The lowest BCUT2D eigenvalue weighted by atomic mass is 9.84. The van der Waals surface area contributed by atoms with Gasteiger partial charge in [0.15, 0.2) is 0 Å². The van der Waals surface area contributed by atoms with Gasteiger partial charge in [-0.2, -0.15) is 5.26 Å². The van der Waals surface area contributed by atoms with Gasteiger partial charge in [-0.25, -0.2) is 4.39 Å². The molecule has 0 saturated carbocycles. The minimum Gasteiger partial charge on any atom is -0.398 e. The van der Waals surface area contributed by atoms with Crippen LogP contribution in [0.1, 0.15) is 39.8 Å². The van der Waals surface area contributed by atoms with Crippen LogP contribution in [0.5, 0.6) is 0 Å². The predicted octanol–water partition coefficient (Wildman–Crippen LogP) is 1.98. The summed E-state index contributed by atoms with van der Waals surface area (Å²) in [4.78, 5) is 4.34. The second-order valence-electron chi connectivity index (χ2n) is 5.95. The molecule has 0 N–H and O–H groups in total. The topological polar surface area (TPSA) is 55.1 Å². The number of halogens is 1. The number of nitrogens with zero attached hydrogens (tertiary/aromatic N) is 2. The number of aryl methyl sites for hydroxylation is 1. The maximum Gasteiger partial charge on any atom is 0.514 e. The molecule has 1 fully saturated rings. The lowest BCUT2D eigenvalue weighted by molar-refractivity contribution is 0.00578. The lowest BCUT2D eigenvalue weighted by Crippen LogP contribution is -2.41. The Morgan fingerprint density at radius 3 is 2.40 bits per heavy atom. The van der Waals surface area contributed by atoms with Crippen molar-refractivity contribution in [2.24, 2.45) is 0 Å². The molecule has 0 unspecified atom stereocenters. The van der Waals surface area contributed by atoms with Crippen molar-refractivity contribution in [3.63, 3.8) is 0 Å².